The van der Waals surface area contributed by atoms with Crippen molar-refractivity contribution < 1.29 is 27.2 Å². The Balaban J connectivity index is 2.28. The van der Waals surface area contributed by atoms with Crippen molar-refractivity contribution in [2.24, 2.45) is 5.73 Å². The van der Waals surface area contributed by atoms with Gasteiger partial charge in [0.2, 0.25) is 0 Å². The number of alkyl halides is 3. The minimum Gasteiger partial charge on any atom is -0.406 e. The highest BCUT2D eigenvalue weighted by molar-refractivity contribution is 5.41. The van der Waals surface area contributed by atoms with Gasteiger partial charge in [0.05, 0.1) is 11.0 Å². The van der Waals surface area contributed by atoms with Gasteiger partial charge < -0.3 is 10.5 Å². The molecule has 0 bridgehead atoms. The molecule has 5 nitrogen and oxygen atoms in total. The molecule has 2 aromatic rings. The van der Waals surface area contributed by atoms with Crippen LogP contribution < -0.4 is 10.5 Å². The monoisotopic (exact) mass is 330 g/mol. The zero-order valence-corrected chi connectivity index (χ0v) is 11.4. The summed E-state index contributed by atoms with van der Waals surface area (Å²) < 4.78 is 53.7. The Kier molecular flexibility index (Phi) is 4.50. The lowest BCUT2D eigenvalue weighted by atomic mass is 9.98. The van der Waals surface area contributed by atoms with Gasteiger partial charge in [0.1, 0.15) is 11.6 Å². The molecule has 23 heavy (non-hydrogen) atoms. The van der Waals surface area contributed by atoms with Crippen molar-refractivity contribution in [2.45, 2.75) is 12.4 Å². The first-order valence-electron chi connectivity index (χ1n) is 6.22. The molecular weight excluding hydrogens is 320 g/mol. The first-order chi connectivity index (χ1) is 10.7. The predicted molar refractivity (Wildman–Crippen MR) is 72.2 cm³/mol. The quantitative estimate of drug-likeness (QED) is 0.527. The normalized spacial score (nSPS) is 12.7. The number of nitro benzene ring substituents is 1. The molecule has 2 N–H and O–H groups in total. The van der Waals surface area contributed by atoms with Gasteiger partial charge in [0.15, 0.2) is 0 Å². The molecule has 2 rings (SSSR count). The first kappa shape index (κ1) is 16.7. The molecule has 0 spiro atoms. The van der Waals surface area contributed by atoms with Gasteiger partial charge in [0, 0.05) is 17.7 Å². The summed E-state index contributed by atoms with van der Waals surface area (Å²) >= 11 is 0. The molecule has 0 amide bonds. The van der Waals surface area contributed by atoms with Gasteiger partial charge >= 0.3 is 6.36 Å². The Labute approximate surface area is 127 Å². The first-order valence-corrected chi connectivity index (χ1v) is 6.22. The molecule has 0 aliphatic carbocycles. The van der Waals surface area contributed by atoms with Crippen LogP contribution in [0.2, 0.25) is 0 Å². The maximum atomic E-state index is 13.8. The topological polar surface area (TPSA) is 78.4 Å². The number of benzene rings is 2. The Morgan fingerprint density at radius 3 is 2.26 bits per heavy atom. The van der Waals surface area contributed by atoms with Gasteiger partial charge in [-0.2, -0.15) is 0 Å². The van der Waals surface area contributed by atoms with E-state index in [0.717, 1.165) is 30.3 Å². The Bertz CT molecular complexity index is 717. The highest BCUT2D eigenvalue weighted by atomic mass is 19.4. The van der Waals surface area contributed by atoms with E-state index in [1.54, 1.807) is 0 Å². The second kappa shape index (κ2) is 6.21. The standard InChI is InChI=1S/C14H10F4N2O3/c15-12-6-3-9(20(21)22)7-11(12)13(19)8-1-4-10(5-2-8)23-14(16,17)18/h1-7,13H,19H2/t13-/m0/s1. The molecule has 122 valence electrons. The van der Waals surface area contributed by atoms with Crippen molar-refractivity contribution >= 4 is 5.69 Å². The van der Waals surface area contributed by atoms with Crippen LogP contribution in [-0.4, -0.2) is 11.3 Å². The van der Waals surface area contributed by atoms with E-state index >= 15 is 0 Å². The Hall–Kier alpha value is -2.68. The largest absolute Gasteiger partial charge is 0.573 e. The van der Waals surface area contributed by atoms with Crippen LogP contribution in [0.5, 0.6) is 5.75 Å². The zero-order chi connectivity index (χ0) is 17.2. The molecule has 2 aromatic carbocycles. The molecule has 0 unspecified atom stereocenters. The van der Waals surface area contributed by atoms with Crippen molar-refractivity contribution in [3.8, 4) is 5.75 Å². The summed E-state index contributed by atoms with van der Waals surface area (Å²) in [5.41, 5.74) is 5.64. The van der Waals surface area contributed by atoms with Crippen molar-refractivity contribution in [3.05, 3.63) is 69.5 Å². The fraction of sp³-hybridized carbons (Fsp3) is 0.143. The number of ether oxygens (including phenoxy) is 1. The van der Waals surface area contributed by atoms with Crippen LogP contribution >= 0.6 is 0 Å². The SMILES string of the molecule is N[C@@H](c1ccc(OC(F)(F)F)cc1)c1cc([N+](=O)[O-])ccc1F. The second-order valence-electron chi connectivity index (χ2n) is 4.56. The molecule has 0 aliphatic heterocycles. The minimum atomic E-state index is -4.82. The van der Waals surface area contributed by atoms with Crippen LogP contribution in [0.25, 0.3) is 0 Å². The van der Waals surface area contributed by atoms with Gasteiger partial charge in [-0.05, 0) is 23.8 Å². The molecule has 9 heteroatoms. The predicted octanol–water partition coefficient (Wildman–Crippen LogP) is 3.68. The molecule has 1 atom stereocenters. The lowest BCUT2D eigenvalue weighted by molar-refractivity contribution is -0.385. The van der Waals surface area contributed by atoms with E-state index in [0.29, 0.717) is 0 Å². The molecule has 0 aliphatic rings. The number of rotatable bonds is 4. The smallest absolute Gasteiger partial charge is 0.406 e. The third kappa shape index (κ3) is 4.16. The third-order valence-corrected chi connectivity index (χ3v) is 3.00. The van der Waals surface area contributed by atoms with E-state index in [4.69, 9.17) is 5.73 Å². The van der Waals surface area contributed by atoms with E-state index in [1.165, 1.54) is 12.1 Å². The summed E-state index contributed by atoms with van der Waals surface area (Å²) in [6.07, 6.45) is -4.82. The van der Waals surface area contributed by atoms with E-state index in [9.17, 15) is 27.7 Å². The molecule has 0 heterocycles. The van der Waals surface area contributed by atoms with Crippen molar-refractivity contribution in [1.29, 1.82) is 0 Å². The number of hydrogen-bond acceptors (Lipinski definition) is 4. The van der Waals surface area contributed by atoms with Gasteiger partial charge in [-0.3, -0.25) is 10.1 Å². The maximum absolute atomic E-state index is 13.8. The third-order valence-electron chi connectivity index (χ3n) is 3.00. The van der Waals surface area contributed by atoms with Crippen LogP contribution in [-0.2, 0) is 0 Å². The lowest BCUT2D eigenvalue weighted by Crippen LogP contribution is -2.17. The minimum absolute atomic E-state index is 0.135. The van der Waals surface area contributed by atoms with Crippen molar-refractivity contribution in [1.82, 2.24) is 0 Å². The van der Waals surface area contributed by atoms with Crippen molar-refractivity contribution in [3.63, 3.8) is 0 Å². The molecular formula is C14H10F4N2O3. The van der Waals surface area contributed by atoms with Crippen LogP contribution in [0.15, 0.2) is 42.5 Å². The van der Waals surface area contributed by atoms with E-state index < -0.39 is 28.9 Å². The van der Waals surface area contributed by atoms with E-state index in [1.807, 2.05) is 0 Å². The summed E-state index contributed by atoms with van der Waals surface area (Å²) in [6, 6.07) is 6.32. The molecule has 0 saturated heterocycles. The summed E-state index contributed by atoms with van der Waals surface area (Å²) in [5, 5.41) is 10.7. The molecule has 0 fully saturated rings. The number of nitrogens with zero attached hydrogens (tertiary/aromatic N) is 1. The molecule has 0 saturated carbocycles. The van der Waals surface area contributed by atoms with Crippen LogP contribution in [0.1, 0.15) is 17.2 Å². The summed E-state index contributed by atoms with van der Waals surface area (Å²) in [4.78, 5) is 10.0. The zero-order valence-electron chi connectivity index (χ0n) is 11.4. The number of halogens is 4. The van der Waals surface area contributed by atoms with Gasteiger partial charge in [-0.1, -0.05) is 12.1 Å². The molecule has 0 radical (unpaired) electrons. The van der Waals surface area contributed by atoms with Crippen molar-refractivity contribution in [2.75, 3.05) is 0 Å². The lowest BCUT2D eigenvalue weighted by Gasteiger charge is -2.14. The summed E-state index contributed by atoms with van der Waals surface area (Å²) in [6.45, 7) is 0. The maximum Gasteiger partial charge on any atom is 0.573 e. The molecule has 0 aromatic heterocycles. The second-order valence-corrected chi connectivity index (χ2v) is 4.56. The highest BCUT2D eigenvalue weighted by Crippen LogP contribution is 2.28. The van der Waals surface area contributed by atoms with Gasteiger partial charge in [-0.15, -0.1) is 13.2 Å². The number of hydrogen-bond donors (Lipinski definition) is 1. The van der Waals surface area contributed by atoms with E-state index in [2.05, 4.69) is 4.74 Å². The summed E-state index contributed by atoms with van der Waals surface area (Å²) in [7, 11) is 0. The number of non-ortho nitro benzene ring substituents is 1. The average molecular weight is 330 g/mol. The Morgan fingerprint density at radius 1 is 1.13 bits per heavy atom. The fourth-order valence-electron chi connectivity index (χ4n) is 1.94. The van der Waals surface area contributed by atoms with Crippen LogP contribution in [0.4, 0.5) is 23.2 Å². The number of nitro groups is 1. The number of nitrogens with two attached hydrogens (primary N) is 1. The van der Waals surface area contributed by atoms with Crippen LogP contribution in [0, 0.1) is 15.9 Å². The highest BCUT2D eigenvalue weighted by Gasteiger charge is 2.31. The van der Waals surface area contributed by atoms with Crippen LogP contribution in [0.3, 0.4) is 0 Å². The van der Waals surface area contributed by atoms with E-state index in [-0.39, 0.29) is 16.8 Å². The Morgan fingerprint density at radius 2 is 1.74 bits per heavy atom. The fourth-order valence-corrected chi connectivity index (χ4v) is 1.94. The van der Waals surface area contributed by atoms with Gasteiger partial charge in [-0.25, -0.2) is 4.39 Å². The van der Waals surface area contributed by atoms with Gasteiger partial charge in [0.25, 0.3) is 5.69 Å². The average Bonchev–Trinajstić information content (AvgIpc) is 2.46. The summed E-state index contributed by atoms with van der Waals surface area (Å²) in [5.74, 6) is -1.20.